The Kier molecular flexibility index (Phi) is 8.52. The molecule has 2 N–H and O–H groups in total. The Balaban J connectivity index is 1.74. The molecule has 1 heterocycles. The topological polar surface area (TPSA) is 66.0 Å². The molecule has 25 heavy (non-hydrogen) atoms. The summed E-state index contributed by atoms with van der Waals surface area (Å²) in [5, 5.41) is 6.80. The van der Waals surface area contributed by atoms with Gasteiger partial charge < -0.3 is 20.3 Å². The fraction of sp³-hybridized carbons (Fsp3) is 0.895. The van der Waals surface area contributed by atoms with Crippen LogP contribution in [0.1, 0.15) is 59.3 Å². The van der Waals surface area contributed by atoms with Gasteiger partial charge in [0.2, 0.25) is 5.91 Å². The Labute approximate surface area is 152 Å². The van der Waals surface area contributed by atoms with Gasteiger partial charge in [0.25, 0.3) is 0 Å². The monoisotopic (exact) mass is 352 g/mol. The predicted molar refractivity (Wildman–Crippen MR) is 102 cm³/mol. The summed E-state index contributed by atoms with van der Waals surface area (Å²) in [6, 6.07) is 0.301. The van der Waals surface area contributed by atoms with Crippen molar-refractivity contribution in [3.63, 3.8) is 0 Å². The second-order valence-corrected chi connectivity index (χ2v) is 7.43. The van der Waals surface area contributed by atoms with Crippen LogP contribution >= 0.6 is 0 Å². The molecule has 144 valence electrons. The van der Waals surface area contributed by atoms with E-state index in [4.69, 9.17) is 4.74 Å². The molecule has 2 fully saturated rings. The molecule has 1 saturated carbocycles. The van der Waals surface area contributed by atoms with Gasteiger partial charge in [0, 0.05) is 44.7 Å². The van der Waals surface area contributed by atoms with Gasteiger partial charge in [-0.2, -0.15) is 0 Å². The normalized spacial score (nSPS) is 22.0. The van der Waals surface area contributed by atoms with Gasteiger partial charge in [0.05, 0.1) is 6.10 Å². The van der Waals surface area contributed by atoms with E-state index in [0.29, 0.717) is 11.9 Å². The van der Waals surface area contributed by atoms with Crippen LogP contribution in [-0.4, -0.2) is 61.7 Å². The molecule has 2 aliphatic rings. The second-order valence-electron chi connectivity index (χ2n) is 7.43. The summed E-state index contributed by atoms with van der Waals surface area (Å²) in [5.74, 6) is 1.50. The zero-order valence-corrected chi connectivity index (χ0v) is 16.2. The summed E-state index contributed by atoms with van der Waals surface area (Å²) in [5.41, 5.74) is 0. The number of nitrogens with one attached hydrogen (secondary N) is 2. The van der Waals surface area contributed by atoms with E-state index in [2.05, 4.69) is 22.5 Å². The lowest BCUT2D eigenvalue weighted by atomic mass is 10.1. The number of likely N-dealkylation sites (tertiary alicyclic amines) is 1. The Hall–Kier alpha value is -1.30. The Bertz CT molecular complexity index is 433. The Morgan fingerprint density at radius 1 is 1.28 bits per heavy atom. The minimum Gasteiger partial charge on any atom is -0.379 e. The van der Waals surface area contributed by atoms with Crippen molar-refractivity contribution in [2.45, 2.75) is 71.4 Å². The number of ether oxygens (including phenoxy) is 1. The van der Waals surface area contributed by atoms with Gasteiger partial charge in [0.15, 0.2) is 5.96 Å². The number of rotatable bonds is 8. The molecule has 0 spiro atoms. The molecule has 6 nitrogen and oxygen atoms in total. The Morgan fingerprint density at radius 3 is 2.72 bits per heavy atom. The average Bonchev–Trinajstić information content (AvgIpc) is 3.25. The van der Waals surface area contributed by atoms with Crippen molar-refractivity contribution in [2.75, 3.05) is 32.8 Å². The van der Waals surface area contributed by atoms with Crippen molar-refractivity contribution in [2.24, 2.45) is 10.9 Å². The lowest BCUT2D eigenvalue weighted by molar-refractivity contribution is -0.134. The Morgan fingerprint density at radius 2 is 2.04 bits per heavy atom. The number of carbonyl (C=O) groups is 1. The van der Waals surface area contributed by atoms with Crippen LogP contribution < -0.4 is 10.6 Å². The standard InChI is InChI=1S/C19H36N4O2/c1-4-20-19(21-11-7-13-25-15(2)3)22-17-10-12-23(14-17)18(24)16-8-5-6-9-16/h15-17H,4-14H2,1-3H3,(H2,20,21,22). The average molecular weight is 353 g/mol. The van der Waals surface area contributed by atoms with E-state index in [-0.39, 0.29) is 12.0 Å². The highest BCUT2D eigenvalue weighted by Gasteiger charge is 2.32. The van der Waals surface area contributed by atoms with Gasteiger partial charge in [-0.25, -0.2) is 0 Å². The number of nitrogens with zero attached hydrogens (tertiary/aromatic N) is 2. The van der Waals surface area contributed by atoms with Crippen molar-refractivity contribution in [3.8, 4) is 0 Å². The fourth-order valence-electron chi connectivity index (χ4n) is 3.60. The van der Waals surface area contributed by atoms with Gasteiger partial charge >= 0.3 is 0 Å². The minimum atomic E-state index is 0.275. The van der Waals surface area contributed by atoms with Crippen molar-refractivity contribution in [1.29, 1.82) is 0 Å². The third kappa shape index (κ3) is 6.84. The molecule has 0 aromatic rings. The molecule has 6 heteroatoms. The maximum absolute atomic E-state index is 12.5. The van der Waals surface area contributed by atoms with Gasteiger partial charge in [-0.15, -0.1) is 0 Å². The summed E-state index contributed by atoms with van der Waals surface area (Å²) in [6.45, 7) is 10.2. The van der Waals surface area contributed by atoms with E-state index in [1.54, 1.807) is 0 Å². The van der Waals surface area contributed by atoms with Crippen LogP contribution in [-0.2, 0) is 9.53 Å². The molecule has 0 aromatic carbocycles. The summed E-state index contributed by atoms with van der Waals surface area (Å²) in [7, 11) is 0. The first kappa shape index (κ1) is 20.0. The number of aliphatic imine (C=N–C) groups is 1. The molecule has 1 aliphatic carbocycles. The van der Waals surface area contributed by atoms with Gasteiger partial charge in [-0.1, -0.05) is 12.8 Å². The fourth-order valence-corrected chi connectivity index (χ4v) is 3.60. The maximum atomic E-state index is 12.5. The smallest absolute Gasteiger partial charge is 0.225 e. The van der Waals surface area contributed by atoms with Crippen LogP contribution in [0.2, 0.25) is 0 Å². The van der Waals surface area contributed by atoms with Crippen molar-refractivity contribution in [3.05, 3.63) is 0 Å². The summed E-state index contributed by atoms with van der Waals surface area (Å²) < 4.78 is 5.55. The first-order valence-electron chi connectivity index (χ1n) is 10.1. The molecule has 1 unspecified atom stereocenters. The largest absolute Gasteiger partial charge is 0.379 e. The first-order chi connectivity index (χ1) is 12.1. The van der Waals surface area contributed by atoms with Crippen molar-refractivity contribution in [1.82, 2.24) is 15.5 Å². The van der Waals surface area contributed by atoms with Crippen LogP contribution in [0.5, 0.6) is 0 Å². The molecular formula is C19H36N4O2. The van der Waals surface area contributed by atoms with E-state index < -0.39 is 0 Å². The van der Waals surface area contributed by atoms with E-state index in [0.717, 1.165) is 64.4 Å². The van der Waals surface area contributed by atoms with Crippen LogP contribution in [0.25, 0.3) is 0 Å². The number of carbonyl (C=O) groups excluding carboxylic acids is 1. The molecule has 1 aliphatic heterocycles. The number of hydrogen-bond donors (Lipinski definition) is 2. The molecule has 0 aromatic heterocycles. The van der Waals surface area contributed by atoms with Crippen LogP contribution in [0.15, 0.2) is 4.99 Å². The molecule has 1 amide bonds. The van der Waals surface area contributed by atoms with Gasteiger partial charge in [-0.05, 0) is 46.5 Å². The van der Waals surface area contributed by atoms with Gasteiger partial charge in [-0.3, -0.25) is 9.79 Å². The van der Waals surface area contributed by atoms with Crippen molar-refractivity contribution >= 4 is 11.9 Å². The van der Waals surface area contributed by atoms with E-state index >= 15 is 0 Å². The highest BCUT2D eigenvalue weighted by atomic mass is 16.5. The third-order valence-electron chi connectivity index (χ3n) is 4.91. The van der Waals surface area contributed by atoms with Crippen molar-refractivity contribution < 1.29 is 9.53 Å². The number of hydrogen-bond acceptors (Lipinski definition) is 3. The zero-order valence-electron chi connectivity index (χ0n) is 16.2. The number of guanidine groups is 1. The predicted octanol–water partition coefficient (Wildman–Crippen LogP) is 2.15. The van der Waals surface area contributed by atoms with E-state index in [1.807, 2.05) is 18.7 Å². The lowest BCUT2D eigenvalue weighted by Crippen LogP contribution is -2.45. The van der Waals surface area contributed by atoms with E-state index in [9.17, 15) is 4.79 Å². The van der Waals surface area contributed by atoms with E-state index in [1.165, 1.54) is 12.8 Å². The number of amides is 1. The maximum Gasteiger partial charge on any atom is 0.225 e. The zero-order chi connectivity index (χ0) is 18.1. The molecule has 1 atom stereocenters. The quantitative estimate of drug-likeness (QED) is 0.399. The van der Waals surface area contributed by atoms with Gasteiger partial charge in [0.1, 0.15) is 0 Å². The molecular weight excluding hydrogens is 316 g/mol. The SMILES string of the molecule is CCNC(=NCCCOC(C)C)NC1CCN(C(=O)C2CCCC2)C1. The highest BCUT2D eigenvalue weighted by Crippen LogP contribution is 2.27. The molecule has 2 rings (SSSR count). The summed E-state index contributed by atoms with van der Waals surface area (Å²) >= 11 is 0. The highest BCUT2D eigenvalue weighted by molar-refractivity contribution is 5.81. The van der Waals surface area contributed by atoms with Crippen LogP contribution in [0, 0.1) is 5.92 Å². The van der Waals surface area contributed by atoms with Crippen LogP contribution in [0.4, 0.5) is 0 Å². The second kappa shape index (κ2) is 10.6. The lowest BCUT2D eigenvalue weighted by Gasteiger charge is -2.21. The molecule has 0 radical (unpaired) electrons. The summed E-state index contributed by atoms with van der Waals surface area (Å²) in [4.78, 5) is 19.2. The minimum absolute atomic E-state index is 0.275. The summed E-state index contributed by atoms with van der Waals surface area (Å²) in [6.07, 6.45) is 6.78. The molecule has 0 bridgehead atoms. The van der Waals surface area contributed by atoms with Crippen LogP contribution in [0.3, 0.4) is 0 Å². The third-order valence-corrected chi connectivity index (χ3v) is 4.91. The molecule has 1 saturated heterocycles. The first-order valence-corrected chi connectivity index (χ1v) is 10.1.